The summed E-state index contributed by atoms with van der Waals surface area (Å²) in [6, 6.07) is 11.1. The van der Waals surface area contributed by atoms with E-state index in [1.165, 1.54) is 37.8 Å². The van der Waals surface area contributed by atoms with Gasteiger partial charge in [0.25, 0.3) is 0 Å². The lowest BCUT2D eigenvalue weighted by Gasteiger charge is -2.22. The zero-order valence-electron chi connectivity index (χ0n) is 13.0. The summed E-state index contributed by atoms with van der Waals surface area (Å²) in [6.07, 6.45) is 6.58. The molecule has 0 bridgehead atoms. The fourth-order valence-corrected chi connectivity index (χ4v) is 4.14. The zero-order valence-corrected chi connectivity index (χ0v) is 13.0. The Morgan fingerprint density at radius 3 is 2.43 bits per heavy atom. The molecule has 3 nitrogen and oxygen atoms in total. The molecule has 21 heavy (non-hydrogen) atoms. The Labute approximate surface area is 127 Å². The number of hydrogen-bond acceptors (Lipinski definition) is 3. The molecule has 1 unspecified atom stereocenters. The smallest absolute Gasteiger partial charge is 0.209 e. The Bertz CT molecular complexity index is 558. The Morgan fingerprint density at radius 1 is 1.10 bits per heavy atom. The highest BCUT2D eigenvalue weighted by Crippen LogP contribution is 2.55. The van der Waals surface area contributed by atoms with Crippen LogP contribution in [0.1, 0.15) is 46.0 Å². The van der Waals surface area contributed by atoms with Gasteiger partial charge in [-0.15, -0.1) is 0 Å². The minimum Gasteiger partial charge on any atom is -0.477 e. The van der Waals surface area contributed by atoms with Crippen molar-refractivity contribution in [3.05, 3.63) is 30.3 Å². The van der Waals surface area contributed by atoms with Crippen LogP contribution in [0.2, 0.25) is 0 Å². The van der Waals surface area contributed by atoms with Gasteiger partial charge >= 0.3 is 0 Å². The zero-order chi connectivity index (χ0) is 14.5. The quantitative estimate of drug-likeness (QED) is 0.772. The lowest BCUT2D eigenvalue weighted by Crippen LogP contribution is -2.24. The maximum absolute atomic E-state index is 5.98. The third-order valence-corrected chi connectivity index (χ3v) is 5.15. The van der Waals surface area contributed by atoms with E-state index >= 15 is 0 Å². The van der Waals surface area contributed by atoms with Gasteiger partial charge in [-0.25, -0.2) is 4.99 Å². The fraction of sp³-hybridized carbons (Fsp3) is 0.611. The van der Waals surface area contributed by atoms with Crippen LogP contribution in [0.25, 0.3) is 0 Å². The number of rotatable bonds is 2. The van der Waals surface area contributed by atoms with Gasteiger partial charge in [-0.05, 0) is 38.8 Å². The first kappa shape index (κ1) is 13.2. The van der Waals surface area contributed by atoms with Gasteiger partial charge in [-0.1, -0.05) is 37.5 Å². The van der Waals surface area contributed by atoms with Gasteiger partial charge in [0.2, 0.25) is 5.90 Å². The van der Waals surface area contributed by atoms with Gasteiger partial charge in [-0.3, -0.25) is 0 Å². The van der Waals surface area contributed by atoms with Crippen molar-refractivity contribution in [2.24, 2.45) is 4.99 Å². The highest BCUT2D eigenvalue weighted by atomic mass is 16.5. The number of aliphatic imine (C=N–C) groups is 1. The van der Waals surface area contributed by atoms with Crippen molar-refractivity contribution < 1.29 is 4.74 Å². The largest absolute Gasteiger partial charge is 0.477 e. The average molecular weight is 284 g/mol. The first-order valence-corrected chi connectivity index (χ1v) is 8.19. The normalized spacial score (nSPS) is 29.1. The van der Waals surface area contributed by atoms with Crippen LogP contribution in [0.5, 0.6) is 0 Å². The van der Waals surface area contributed by atoms with Crippen molar-refractivity contribution in [1.29, 1.82) is 0 Å². The molecule has 3 aliphatic rings. The highest BCUT2D eigenvalue weighted by Gasteiger charge is 2.66. The molecule has 0 amide bonds. The molecular formula is C18H24N2O. The average Bonchev–Trinajstić information content (AvgIpc) is 2.96. The third kappa shape index (κ3) is 2.05. The van der Waals surface area contributed by atoms with Crippen LogP contribution in [0.3, 0.4) is 0 Å². The Hall–Kier alpha value is -1.51. The summed E-state index contributed by atoms with van der Waals surface area (Å²) in [5.74, 6) is 0.978. The minimum absolute atomic E-state index is 0.0594. The van der Waals surface area contributed by atoms with Gasteiger partial charge in [0, 0.05) is 5.69 Å². The minimum atomic E-state index is -0.0594. The molecule has 1 saturated carbocycles. The number of ether oxygens (including phenoxy) is 1. The van der Waals surface area contributed by atoms with Gasteiger partial charge in [0.15, 0.2) is 0 Å². The maximum atomic E-state index is 5.98. The van der Waals surface area contributed by atoms with Crippen LogP contribution >= 0.6 is 0 Å². The van der Waals surface area contributed by atoms with Gasteiger partial charge in [0.05, 0.1) is 11.1 Å². The van der Waals surface area contributed by atoms with Gasteiger partial charge in [0.1, 0.15) is 12.6 Å². The summed E-state index contributed by atoms with van der Waals surface area (Å²) in [5.41, 5.74) is 1.54. The van der Waals surface area contributed by atoms with E-state index in [0.717, 1.165) is 12.5 Å². The summed E-state index contributed by atoms with van der Waals surface area (Å²) in [7, 11) is 0. The van der Waals surface area contributed by atoms with Crippen molar-refractivity contribution in [3.8, 4) is 0 Å². The molecular weight excluding hydrogens is 260 g/mol. The molecule has 1 aromatic carbocycles. The number of benzene rings is 1. The first-order chi connectivity index (χ1) is 10.1. The van der Waals surface area contributed by atoms with Gasteiger partial charge in [-0.2, -0.15) is 0 Å². The molecule has 1 spiro atoms. The second kappa shape index (κ2) is 4.49. The van der Waals surface area contributed by atoms with E-state index in [1.807, 2.05) is 0 Å². The van der Waals surface area contributed by atoms with Crippen LogP contribution in [0, 0.1) is 0 Å². The number of para-hydroxylation sites is 1. The molecule has 3 heteroatoms. The van der Waals surface area contributed by atoms with Crippen LogP contribution in [-0.2, 0) is 4.74 Å². The van der Waals surface area contributed by atoms with E-state index < -0.39 is 0 Å². The molecule has 4 rings (SSSR count). The van der Waals surface area contributed by atoms with Crippen LogP contribution in [-0.4, -0.2) is 29.6 Å². The van der Waals surface area contributed by atoms with Crippen molar-refractivity contribution in [2.75, 3.05) is 11.5 Å². The molecule has 0 N–H and O–H groups in total. The predicted octanol–water partition coefficient (Wildman–Crippen LogP) is 3.79. The predicted molar refractivity (Wildman–Crippen MR) is 86.0 cm³/mol. The van der Waals surface area contributed by atoms with E-state index in [9.17, 15) is 0 Å². The second-order valence-electron chi connectivity index (χ2n) is 7.32. The van der Waals surface area contributed by atoms with Crippen LogP contribution in [0.4, 0.5) is 5.69 Å². The third-order valence-electron chi connectivity index (χ3n) is 5.15. The van der Waals surface area contributed by atoms with Crippen LogP contribution < -0.4 is 4.90 Å². The SMILES string of the molecule is CC1(C)COC(C2N(c3ccccc3)C23CCCCC3)=N1. The Kier molecular flexibility index (Phi) is 2.82. The fourth-order valence-electron chi connectivity index (χ4n) is 4.14. The Morgan fingerprint density at radius 2 is 1.81 bits per heavy atom. The van der Waals surface area contributed by atoms with E-state index in [1.54, 1.807) is 0 Å². The molecule has 2 fully saturated rings. The molecule has 1 aliphatic carbocycles. The molecule has 0 aromatic heterocycles. The maximum Gasteiger partial charge on any atom is 0.209 e. The Balaban J connectivity index is 1.68. The summed E-state index contributed by atoms with van der Waals surface area (Å²) in [5, 5.41) is 0. The summed E-state index contributed by atoms with van der Waals surface area (Å²) >= 11 is 0. The van der Waals surface area contributed by atoms with Crippen molar-refractivity contribution in [2.45, 2.75) is 63.1 Å². The lowest BCUT2D eigenvalue weighted by atomic mass is 9.85. The number of anilines is 1. The topological polar surface area (TPSA) is 24.6 Å². The van der Waals surface area contributed by atoms with E-state index in [-0.39, 0.29) is 11.1 Å². The molecule has 0 radical (unpaired) electrons. The summed E-state index contributed by atoms with van der Waals surface area (Å²) in [6.45, 7) is 5.03. The first-order valence-electron chi connectivity index (χ1n) is 8.19. The van der Waals surface area contributed by atoms with E-state index in [2.05, 4.69) is 49.1 Å². The van der Waals surface area contributed by atoms with Crippen molar-refractivity contribution in [3.63, 3.8) is 0 Å². The van der Waals surface area contributed by atoms with Crippen molar-refractivity contribution in [1.82, 2.24) is 0 Å². The van der Waals surface area contributed by atoms with E-state index in [4.69, 9.17) is 9.73 Å². The molecule has 112 valence electrons. The van der Waals surface area contributed by atoms with Gasteiger partial charge < -0.3 is 9.64 Å². The van der Waals surface area contributed by atoms with E-state index in [0.29, 0.717) is 6.04 Å². The highest BCUT2D eigenvalue weighted by molar-refractivity contribution is 5.95. The monoisotopic (exact) mass is 284 g/mol. The molecule has 2 aliphatic heterocycles. The molecule has 1 atom stereocenters. The second-order valence-corrected chi connectivity index (χ2v) is 7.32. The summed E-state index contributed by atoms with van der Waals surface area (Å²) < 4.78 is 5.98. The number of nitrogens with zero attached hydrogens (tertiary/aromatic N) is 2. The lowest BCUT2D eigenvalue weighted by molar-refractivity contribution is 0.272. The molecule has 1 saturated heterocycles. The molecule has 1 aromatic rings. The van der Waals surface area contributed by atoms with Crippen LogP contribution in [0.15, 0.2) is 35.3 Å². The summed E-state index contributed by atoms with van der Waals surface area (Å²) in [4.78, 5) is 7.42. The number of hydrogen-bond donors (Lipinski definition) is 0. The van der Waals surface area contributed by atoms with Crippen molar-refractivity contribution >= 4 is 11.6 Å². The molecule has 2 heterocycles. The standard InChI is InChI=1S/C18H24N2O/c1-17(2)13-21-16(19-17)15-18(11-7-4-8-12-18)20(15)14-9-5-3-6-10-14/h3,5-6,9-10,15H,4,7-8,11-13H2,1-2H3.